The predicted octanol–water partition coefficient (Wildman–Crippen LogP) is 2.85. The highest BCUT2D eigenvalue weighted by atomic mass is 16.2. The van der Waals surface area contributed by atoms with Gasteiger partial charge in [0, 0.05) is 31.8 Å². The maximum Gasteiger partial charge on any atom is 0.253 e. The Bertz CT molecular complexity index is 832. The third kappa shape index (κ3) is 6.17. The second-order valence-corrected chi connectivity index (χ2v) is 7.32. The lowest BCUT2D eigenvalue weighted by Crippen LogP contribution is -2.50. The summed E-state index contributed by atoms with van der Waals surface area (Å²) in [5, 5.41) is 5.75. The summed E-state index contributed by atoms with van der Waals surface area (Å²) < 4.78 is 0. The van der Waals surface area contributed by atoms with Gasteiger partial charge in [-0.2, -0.15) is 0 Å². The minimum absolute atomic E-state index is 0.0113. The Morgan fingerprint density at radius 1 is 0.931 bits per heavy atom. The Labute approximate surface area is 172 Å². The second-order valence-electron chi connectivity index (χ2n) is 7.32. The molecule has 2 aromatic carbocycles. The topological polar surface area (TPSA) is 78.5 Å². The Balaban J connectivity index is 2.01. The molecular formula is C23H29N3O3. The van der Waals surface area contributed by atoms with Crippen LogP contribution >= 0.6 is 0 Å². The molecule has 2 atom stereocenters. The molecule has 2 unspecified atom stereocenters. The lowest BCUT2D eigenvalue weighted by molar-refractivity contribution is -0.124. The molecule has 0 radical (unpaired) electrons. The van der Waals surface area contributed by atoms with Gasteiger partial charge < -0.3 is 15.5 Å². The molecule has 6 heteroatoms. The summed E-state index contributed by atoms with van der Waals surface area (Å²) in [6.45, 7) is 4.25. The average Bonchev–Trinajstić information content (AvgIpc) is 2.75. The molecule has 0 fully saturated rings. The van der Waals surface area contributed by atoms with Gasteiger partial charge in [0.05, 0.1) is 0 Å². The van der Waals surface area contributed by atoms with E-state index in [4.69, 9.17) is 0 Å². The molecular weight excluding hydrogens is 366 g/mol. The van der Waals surface area contributed by atoms with Crippen molar-refractivity contribution in [3.05, 3.63) is 71.3 Å². The maximum atomic E-state index is 12.8. The van der Waals surface area contributed by atoms with Crippen molar-refractivity contribution in [2.24, 2.45) is 5.92 Å². The van der Waals surface area contributed by atoms with E-state index in [9.17, 15) is 14.4 Å². The Morgan fingerprint density at radius 2 is 1.55 bits per heavy atom. The van der Waals surface area contributed by atoms with Gasteiger partial charge in [-0.3, -0.25) is 14.4 Å². The molecule has 0 aromatic heterocycles. The molecule has 0 saturated carbocycles. The lowest BCUT2D eigenvalue weighted by Gasteiger charge is -2.23. The van der Waals surface area contributed by atoms with E-state index in [1.54, 1.807) is 50.5 Å². The number of benzene rings is 2. The van der Waals surface area contributed by atoms with Gasteiger partial charge in [0.15, 0.2) is 0 Å². The van der Waals surface area contributed by atoms with E-state index in [0.717, 1.165) is 12.0 Å². The van der Waals surface area contributed by atoms with E-state index in [2.05, 4.69) is 10.6 Å². The van der Waals surface area contributed by atoms with Crippen molar-refractivity contribution in [1.29, 1.82) is 0 Å². The first-order valence-electron chi connectivity index (χ1n) is 9.77. The fourth-order valence-electron chi connectivity index (χ4n) is 2.84. The van der Waals surface area contributed by atoms with Gasteiger partial charge in [-0.05, 0) is 35.7 Å². The van der Waals surface area contributed by atoms with E-state index in [-0.39, 0.29) is 23.6 Å². The second kappa shape index (κ2) is 10.4. The van der Waals surface area contributed by atoms with Gasteiger partial charge in [-0.15, -0.1) is 0 Å². The number of rotatable bonds is 8. The SMILES string of the molecule is CCC(C)C(NC(=O)c1ccccc1)C(=O)NCc1ccc(C(=O)N(C)C)cc1. The molecule has 0 heterocycles. The standard InChI is InChI=1S/C23H29N3O3/c1-5-16(2)20(25-21(27)18-9-7-6-8-10-18)22(28)24-15-17-11-13-19(14-12-17)23(29)26(3)4/h6-14,16,20H,5,15H2,1-4H3,(H,24,28)(H,25,27). The maximum absolute atomic E-state index is 12.8. The number of carbonyl (C=O) groups is 3. The van der Waals surface area contributed by atoms with Crippen LogP contribution in [0.5, 0.6) is 0 Å². The van der Waals surface area contributed by atoms with Crippen LogP contribution in [0.1, 0.15) is 46.5 Å². The van der Waals surface area contributed by atoms with Crippen molar-refractivity contribution < 1.29 is 14.4 Å². The number of hydrogen-bond donors (Lipinski definition) is 2. The molecule has 0 spiro atoms. The molecule has 29 heavy (non-hydrogen) atoms. The van der Waals surface area contributed by atoms with E-state index in [1.165, 1.54) is 4.90 Å². The smallest absolute Gasteiger partial charge is 0.253 e. The molecule has 0 aliphatic rings. The zero-order chi connectivity index (χ0) is 21.4. The van der Waals surface area contributed by atoms with Crippen molar-refractivity contribution >= 4 is 17.7 Å². The van der Waals surface area contributed by atoms with Crippen molar-refractivity contribution in [1.82, 2.24) is 15.5 Å². The van der Waals surface area contributed by atoms with Gasteiger partial charge in [-0.1, -0.05) is 50.6 Å². The van der Waals surface area contributed by atoms with Crippen LogP contribution in [0, 0.1) is 5.92 Å². The first kappa shape index (κ1) is 22.1. The highest BCUT2D eigenvalue weighted by Crippen LogP contribution is 2.11. The summed E-state index contributed by atoms with van der Waals surface area (Å²) in [4.78, 5) is 38.7. The monoisotopic (exact) mass is 395 g/mol. The van der Waals surface area contributed by atoms with Gasteiger partial charge in [0.2, 0.25) is 5.91 Å². The van der Waals surface area contributed by atoms with Gasteiger partial charge >= 0.3 is 0 Å². The lowest BCUT2D eigenvalue weighted by atomic mass is 9.97. The molecule has 2 rings (SSSR count). The third-order valence-corrected chi connectivity index (χ3v) is 4.89. The fraction of sp³-hybridized carbons (Fsp3) is 0.348. The highest BCUT2D eigenvalue weighted by molar-refractivity contribution is 5.97. The molecule has 2 N–H and O–H groups in total. The van der Waals surface area contributed by atoms with Crippen molar-refractivity contribution in [2.75, 3.05) is 14.1 Å². The van der Waals surface area contributed by atoms with Crippen LogP contribution in [0.3, 0.4) is 0 Å². The zero-order valence-corrected chi connectivity index (χ0v) is 17.4. The van der Waals surface area contributed by atoms with E-state index in [0.29, 0.717) is 17.7 Å². The van der Waals surface area contributed by atoms with Crippen molar-refractivity contribution in [3.63, 3.8) is 0 Å². The van der Waals surface area contributed by atoms with Crippen LogP contribution in [-0.4, -0.2) is 42.8 Å². The molecule has 154 valence electrons. The highest BCUT2D eigenvalue weighted by Gasteiger charge is 2.26. The van der Waals surface area contributed by atoms with Crippen LogP contribution in [0.15, 0.2) is 54.6 Å². The molecule has 0 aliphatic heterocycles. The molecule has 0 bridgehead atoms. The molecule has 0 saturated heterocycles. The fourth-order valence-corrected chi connectivity index (χ4v) is 2.84. The van der Waals surface area contributed by atoms with Crippen molar-refractivity contribution in [2.45, 2.75) is 32.9 Å². The van der Waals surface area contributed by atoms with Crippen molar-refractivity contribution in [3.8, 4) is 0 Å². The molecule has 2 aromatic rings. The number of amides is 3. The zero-order valence-electron chi connectivity index (χ0n) is 17.4. The molecule has 6 nitrogen and oxygen atoms in total. The normalized spacial score (nSPS) is 12.6. The van der Waals surface area contributed by atoms with Crippen LogP contribution in [0.2, 0.25) is 0 Å². The minimum atomic E-state index is -0.623. The first-order chi connectivity index (χ1) is 13.8. The Kier molecular flexibility index (Phi) is 7.95. The van der Waals surface area contributed by atoms with Crippen LogP contribution < -0.4 is 10.6 Å². The molecule has 3 amide bonds. The largest absolute Gasteiger partial charge is 0.350 e. The van der Waals surface area contributed by atoms with E-state index in [1.807, 2.05) is 32.0 Å². The van der Waals surface area contributed by atoms with Crippen LogP contribution in [-0.2, 0) is 11.3 Å². The summed E-state index contributed by atoms with van der Waals surface area (Å²) in [5.74, 6) is -0.571. The Hall–Kier alpha value is -3.15. The van der Waals surface area contributed by atoms with Crippen LogP contribution in [0.4, 0.5) is 0 Å². The van der Waals surface area contributed by atoms with Gasteiger partial charge in [0.25, 0.3) is 11.8 Å². The predicted molar refractivity (Wildman–Crippen MR) is 113 cm³/mol. The van der Waals surface area contributed by atoms with E-state index >= 15 is 0 Å². The summed E-state index contributed by atoms with van der Waals surface area (Å²) in [6, 6.07) is 15.4. The quantitative estimate of drug-likeness (QED) is 0.721. The number of carbonyl (C=O) groups excluding carboxylic acids is 3. The average molecular weight is 396 g/mol. The summed E-state index contributed by atoms with van der Waals surface area (Å²) in [6.07, 6.45) is 0.758. The number of hydrogen-bond acceptors (Lipinski definition) is 3. The molecule has 0 aliphatic carbocycles. The summed E-state index contributed by atoms with van der Waals surface area (Å²) >= 11 is 0. The van der Waals surface area contributed by atoms with Gasteiger partial charge in [0.1, 0.15) is 6.04 Å². The number of nitrogens with zero attached hydrogens (tertiary/aromatic N) is 1. The van der Waals surface area contributed by atoms with Crippen LogP contribution in [0.25, 0.3) is 0 Å². The van der Waals surface area contributed by atoms with E-state index < -0.39 is 6.04 Å². The summed E-state index contributed by atoms with van der Waals surface area (Å²) in [5.41, 5.74) is 2.00. The first-order valence-corrected chi connectivity index (χ1v) is 9.77. The van der Waals surface area contributed by atoms with Gasteiger partial charge in [-0.25, -0.2) is 0 Å². The minimum Gasteiger partial charge on any atom is -0.350 e. The third-order valence-electron chi connectivity index (χ3n) is 4.89. The number of nitrogens with one attached hydrogen (secondary N) is 2. The Morgan fingerprint density at radius 3 is 2.10 bits per heavy atom. The summed E-state index contributed by atoms with van der Waals surface area (Å²) in [7, 11) is 3.41.